The van der Waals surface area contributed by atoms with Gasteiger partial charge in [0.05, 0.1) is 17.4 Å². The van der Waals surface area contributed by atoms with Gasteiger partial charge in [-0.2, -0.15) is 0 Å². The molecule has 4 atom stereocenters. The molecule has 3 amide bonds. The zero-order valence-electron chi connectivity index (χ0n) is 21.6. The summed E-state index contributed by atoms with van der Waals surface area (Å²) in [6, 6.07) is 3.83. The number of hydrogen-bond acceptors (Lipinski definition) is 5. The highest BCUT2D eigenvalue weighted by Gasteiger charge is 2.82. The Morgan fingerprint density at radius 3 is 2.61 bits per heavy atom. The average molecular weight is 492 g/mol. The van der Waals surface area contributed by atoms with Gasteiger partial charge >= 0.3 is 0 Å². The number of likely N-dealkylation sites (N-methyl/N-ethyl adjacent to an activating group) is 1. The Morgan fingerprint density at radius 2 is 1.83 bits per heavy atom. The highest BCUT2D eigenvalue weighted by Crippen LogP contribution is 2.72. The first-order valence-electron chi connectivity index (χ1n) is 13.1. The van der Waals surface area contributed by atoms with Crippen molar-refractivity contribution in [3.05, 3.63) is 30.0 Å². The lowest BCUT2D eigenvalue weighted by atomic mass is 9.56. The largest absolute Gasteiger partial charge is 0.480 e. The van der Waals surface area contributed by atoms with Crippen LogP contribution < -0.4 is 14.8 Å². The summed E-state index contributed by atoms with van der Waals surface area (Å²) in [7, 11) is 1.78. The number of carbonyl (C=O) groups excluding carboxylic acids is 3. The predicted octanol–water partition coefficient (Wildman–Crippen LogP) is 3.35. The number of hydrogen-bond donors (Lipinski definition) is 1. The number of rotatable bonds is 0. The van der Waals surface area contributed by atoms with Gasteiger partial charge in [-0.1, -0.05) is 19.9 Å². The third kappa shape index (κ3) is 2.14. The van der Waals surface area contributed by atoms with Crippen LogP contribution in [0.4, 0.5) is 5.69 Å². The van der Waals surface area contributed by atoms with Gasteiger partial charge in [-0.05, 0) is 69.1 Å². The van der Waals surface area contributed by atoms with Crippen molar-refractivity contribution in [3.63, 3.8) is 0 Å². The molecule has 8 rings (SSSR count). The predicted molar refractivity (Wildman–Crippen MR) is 132 cm³/mol. The molecule has 36 heavy (non-hydrogen) atoms. The monoisotopic (exact) mass is 491 g/mol. The number of nitrogens with one attached hydrogen (secondary N) is 1. The lowest BCUT2D eigenvalue weighted by molar-refractivity contribution is -0.204. The van der Waals surface area contributed by atoms with Gasteiger partial charge in [-0.25, -0.2) is 0 Å². The van der Waals surface area contributed by atoms with E-state index in [1.165, 1.54) is 0 Å². The lowest BCUT2D eigenvalue weighted by Crippen LogP contribution is -2.83. The molecule has 6 heterocycles. The van der Waals surface area contributed by atoms with E-state index in [0.717, 1.165) is 18.4 Å². The second-order valence-electron chi connectivity index (χ2n) is 12.7. The second kappa shape index (κ2) is 6.26. The van der Waals surface area contributed by atoms with Gasteiger partial charge in [0.2, 0.25) is 17.7 Å². The molecule has 1 N–H and O–H groups in total. The number of carbonyl (C=O) groups is 3. The summed E-state index contributed by atoms with van der Waals surface area (Å²) in [6.07, 6.45) is 6.87. The second-order valence-corrected chi connectivity index (χ2v) is 12.7. The third-order valence-electron chi connectivity index (χ3n) is 10.5. The smallest absolute Gasteiger partial charge is 0.249 e. The van der Waals surface area contributed by atoms with Crippen molar-refractivity contribution in [2.24, 2.45) is 11.3 Å². The molecule has 1 saturated carbocycles. The Labute approximate surface area is 211 Å². The minimum absolute atomic E-state index is 0.0192. The van der Waals surface area contributed by atoms with E-state index in [9.17, 15) is 14.4 Å². The summed E-state index contributed by atoms with van der Waals surface area (Å²) in [6.45, 7) is 8.74. The highest BCUT2D eigenvalue weighted by molar-refractivity contribution is 6.12. The maximum atomic E-state index is 14.3. The van der Waals surface area contributed by atoms with Crippen LogP contribution in [0.1, 0.15) is 65.4 Å². The molecule has 0 unspecified atom stereocenters. The fourth-order valence-electron chi connectivity index (χ4n) is 8.69. The average Bonchev–Trinajstić information content (AvgIpc) is 3.15. The molecule has 8 heteroatoms. The summed E-state index contributed by atoms with van der Waals surface area (Å²) in [5.41, 5.74) is -2.51. The molecule has 1 aromatic rings. The first-order valence-corrected chi connectivity index (χ1v) is 13.1. The fraction of sp³-hybridized carbons (Fsp3) is 0.607. The van der Waals surface area contributed by atoms with Crippen molar-refractivity contribution in [3.8, 4) is 11.5 Å². The maximum Gasteiger partial charge on any atom is 0.249 e. The van der Waals surface area contributed by atoms with Crippen molar-refractivity contribution in [1.82, 2.24) is 9.80 Å². The Balaban J connectivity index is 1.44. The summed E-state index contributed by atoms with van der Waals surface area (Å²) in [5.74, 6) is 0.831. The van der Waals surface area contributed by atoms with Crippen molar-refractivity contribution in [2.45, 2.75) is 81.9 Å². The number of nitrogens with zero attached hydrogens (tertiary/aromatic N) is 2. The van der Waals surface area contributed by atoms with E-state index in [4.69, 9.17) is 9.47 Å². The van der Waals surface area contributed by atoms with Gasteiger partial charge in [0, 0.05) is 19.5 Å². The molecule has 0 aromatic heterocycles. The van der Waals surface area contributed by atoms with Crippen molar-refractivity contribution >= 4 is 23.4 Å². The molecule has 0 radical (unpaired) electrons. The molecular weight excluding hydrogens is 458 g/mol. The van der Waals surface area contributed by atoms with E-state index < -0.39 is 27.5 Å². The Morgan fingerprint density at radius 1 is 1.06 bits per heavy atom. The van der Waals surface area contributed by atoms with E-state index in [1.54, 1.807) is 18.2 Å². The van der Waals surface area contributed by atoms with Crippen LogP contribution in [0.3, 0.4) is 0 Å². The third-order valence-corrected chi connectivity index (χ3v) is 10.5. The van der Waals surface area contributed by atoms with Crippen LogP contribution in [-0.4, -0.2) is 57.8 Å². The van der Waals surface area contributed by atoms with Crippen LogP contribution >= 0.6 is 0 Å². The van der Waals surface area contributed by atoms with Crippen molar-refractivity contribution in [2.75, 3.05) is 18.9 Å². The quantitative estimate of drug-likeness (QED) is 0.601. The Hall–Kier alpha value is -3.03. The Kier molecular flexibility index (Phi) is 3.86. The zero-order chi connectivity index (χ0) is 25.5. The molecule has 1 aromatic carbocycles. The Bertz CT molecular complexity index is 1300. The van der Waals surface area contributed by atoms with E-state index >= 15 is 0 Å². The normalized spacial score (nSPS) is 38.6. The van der Waals surface area contributed by atoms with Crippen LogP contribution in [0, 0.1) is 11.3 Å². The number of amides is 3. The minimum Gasteiger partial charge on any atom is -0.480 e. The van der Waals surface area contributed by atoms with Gasteiger partial charge < -0.3 is 24.6 Å². The van der Waals surface area contributed by atoms with Gasteiger partial charge in [-0.3, -0.25) is 14.4 Å². The van der Waals surface area contributed by atoms with E-state index in [-0.39, 0.29) is 30.1 Å². The first kappa shape index (κ1) is 22.2. The topological polar surface area (TPSA) is 88.2 Å². The summed E-state index contributed by atoms with van der Waals surface area (Å²) in [4.78, 5) is 45.9. The zero-order valence-corrected chi connectivity index (χ0v) is 21.6. The van der Waals surface area contributed by atoms with Gasteiger partial charge in [0.15, 0.2) is 11.5 Å². The summed E-state index contributed by atoms with van der Waals surface area (Å²) < 4.78 is 12.2. The molecule has 2 bridgehead atoms. The summed E-state index contributed by atoms with van der Waals surface area (Å²) >= 11 is 0. The molecule has 1 aliphatic carbocycles. The van der Waals surface area contributed by atoms with Gasteiger partial charge in [0.1, 0.15) is 16.7 Å². The minimum atomic E-state index is -1.04. The van der Waals surface area contributed by atoms with E-state index in [2.05, 4.69) is 19.2 Å². The van der Waals surface area contributed by atoms with Crippen LogP contribution in [0.2, 0.25) is 0 Å². The van der Waals surface area contributed by atoms with Crippen LogP contribution in [0.25, 0.3) is 0 Å². The van der Waals surface area contributed by atoms with Crippen LogP contribution in [0.15, 0.2) is 24.5 Å². The number of fused-ring (bicyclic) bond motifs is 5. The summed E-state index contributed by atoms with van der Waals surface area (Å²) in [5, 5.41) is 3.13. The molecule has 6 aliphatic heterocycles. The van der Waals surface area contributed by atoms with Crippen LogP contribution in [0.5, 0.6) is 11.5 Å². The molecule has 8 nitrogen and oxygen atoms in total. The number of anilines is 1. The lowest BCUT2D eigenvalue weighted by Gasteiger charge is -2.65. The number of benzene rings is 1. The molecule has 190 valence electrons. The number of ether oxygens (including phenoxy) is 2. The maximum absolute atomic E-state index is 14.3. The van der Waals surface area contributed by atoms with Crippen molar-refractivity contribution < 1.29 is 23.9 Å². The van der Waals surface area contributed by atoms with E-state index in [1.807, 2.05) is 37.0 Å². The van der Waals surface area contributed by atoms with Gasteiger partial charge in [0.25, 0.3) is 0 Å². The number of piperidine rings is 3. The number of piperazine rings is 1. The molecule has 3 spiro atoms. The SMILES string of the molecule is CN1C(=O)[C@@]23CCCCN2C(=O)[C@@]12C[C@@]1(C(=O)Nc4c1ccc1c4OC=CC(C)(C)O1)C(C)(C)[C@@H]2C3. The highest BCUT2D eigenvalue weighted by atomic mass is 16.5. The molecule has 4 saturated heterocycles. The fourth-order valence-corrected chi connectivity index (χ4v) is 8.69. The molecule has 7 aliphatic rings. The van der Waals surface area contributed by atoms with Crippen molar-refractivity contribution in [1.29, 1.82) is 0 Å². The first-order chi connectivity index (χ1) is 16.9. The standard InChI is InChI=1S/C28H33N3O5/c1-24(2)11-13-35-20-17(36-24)9-8-16-19(20)29-21(32)27(16)15-28-18(25(27,3)4)14-26(22(33)30(28)5)10-6-7-12-31(26)23(28)34/h8-9,11,13,18H,6-7,10,12,14-15H2,1-5H3,(H,29,32)/t18-,26-,27+,28-/m0/s1. The molecule has 5 fully saturated rings. The molecular formula is C28H33N3O5. The van der Waals surface area contributed by atoms with Gasteiger partial charge in [-0.15, -0.1) is 0 Å². The van der Waals surface area contributed by atoms with E-state index in [0.29, 0.717) is 36.6 Å². The van der Waals surface area contributed by atoms with Crippen LogP contribution in [-0.2, 0) is 19.8 Å².